The zero-order valence-corrected chi connectivity index (χ0v) is 21.3. The van der Waals surface area contributed by atoms with Crippen LogP contribution < -0.4 is 5.32 Å². The Morgan fingerprint density at radius 2 is 1.69 bits per heavy atom. The third-order valence-corrected chi connectivity index (χ3v) is 6.21. The van der Waals surface area contributed by atoms with Crippen molar-refractivity contribution in [3.63, 3.8) is 0 Å². The number of rotatable bonds is 7. The van der Waals surface area contributed by atoms with Crippen molar-refractivity contribution in [2.45, 2.75) is 13.2 Å². The lowest BCUT2D eigenvalue weighted by Gasteiger charge is -2.16. The molecule has 0 radical (unpaired) electrons. The van der Waals surface area contributed by atoms with Crippen molar-refractivity contribution in [1.29, 1.82) is 0 Å². The second-order valence-corrected chi connectivity index (χ2v) is 9.02. The number of halogens is 3. The quantitative estimate of drug-likeness (QED) is 0.203. The molecule has 1 aromatic heterocycles. The van der Waals surface area contributed by atoms with Gasteiger partial charge in [-0.2, -0.15) is 5.10 Å². The van der Waals surface area contributed by atoms with E-state index in [1.165, 1.54) is 6.08 Å². The van der Waals surface area contributed by atoms with Gasteiger partial charge in [0.2, 0.25) is 5.91 Å². The minimum atomic E-state index is -0.565. The van der Waals surface area contributed by atoms with Gasteiger partial charge < -0.3 is 10.1 Å². The summed E-state index contributed by atoms with van der Waals surface area (Å²) in [7, 11) is 1.54. The number of carbonyl (C=O) groups excluding carboxylic acids is 1. The SMILES string of the molecule is COC(NC(=O)/C=C/c1nn(-c2ccc(Cl)cc2Cl)c(-c2ccc(Cl)cc2)c1C)c1ccccc1. The summed E-state index contributed by atoms with van der Waals surface area (Å²) in [6.07, 6.45) is 2.54. The van der Waals surface area contributed by atoms with Gasteiger partial charge in [-0.15, -0.1) is 0 Å². The van der Waals surface area contributed by atoms with Gasteiger partial charge in [-0.05, 0) is 43.3 Å². The van der Waals surface area contributed by atoms with Crippen molar-refractivity contribution in [1.82, 2.24) is 15.1 Å². The molecule has 35 heavy (non-hydrogen) atoms. The van der Waals surface area contributed by atoms with Gasteiger partial charge in [0.05, 0.1) is 22.1 Å². The molecule has 1 N–H and O–H groups in total. The Balaban J connectivity index is 1.69. The van der Waals surface area contributed by atoms with E-state index >= 15 is 0 Å². The third kappa shape index (κ3) is 5.77. The fourth-order valence-electron chi connectivity index (χ4n) is 3.68. The first-order valence-electron chi connectivity index (χ1n) is 10.7. The molecule has 178 valence electrons. The molecule has 0 aliphatic carbocycles. The molecule has 0 bridgehead atoms. The van der Waals surface area contributed by atoms with E-state index in [2.05, 4.69) is 5.32 Å². The van der Waals surface area contributed by atoms with Crippen molar-refractivity contribution in [3.05, 3.63) is 111 Å². The normalized spacial score (nSPS) is 12.1. The number of hydrogen-bond donors (Lipinski definition) is 1. The van der Waals surface area contributed by atoms with E-state index in [0.717, 1.165) is 22.4 Å². The number of ether oxygens (including phenoxy) is 1. The Kier molecular flexibility index (Phi) is 7.93. The van der Waals surface area contributed by atoms with Crippen LogP contribution in [-0.4, -0.2) is 22.8 Å². The largest absolute Gasteiger partial charge is 0.357 e. The van der Waals surface area contributed by atoms with E-state index in [-0.39, 0.29) is 5.91 Å². The second-order valence-electron chi connectivity index (χ2n) is 7.74. The Morgan fingerprint density at radius 3 is 2.34 bits per heavy atom. The van der Waals surface area contributed by atoms with Gasteiger partial charge in [0.1, 0.15) is 0 Å². The molecule has 0 saturated carbocycles. The number of hydrogen-bond acceptors (Lipinski definition) is 3. The molecule has 1 amide bonds. The lowest BCUT2D eigenvalue weighted by molar-refractivity contribution is -0.120. The van der Waals surface area contributed by atoms with Crippen LogP contribution in [0.2, 0.25) is 15.1 Å². The fraction of sp³-hybridized carbons (Fsp3) is 0.111. The summed E-state index contributed by atoms with van der Waals surface area (Å²) in [6.45, 7) is 1.94. The maximum absolute atomic E-state index is 12.7. The first-order valence-corrected chi connectivity index (χ1v) is 11.9. The van der Waals surface area contributed by atoms with E-state index in [4.69, 9.17) is 44.6 Å². The van der Waals surface area contributed by atoms with Crippen LogP contribution >= 0.6 is 34.8 Å². The van der Waals surface area contributed by atoms with Crippen LogP contribution in [0.3, 0.4) is 0 Å². The number of aromatic nitrogens is 2. The van der Waals surface area contributed by atoms with Crippen molar-refractivity contribution >= 4 is 46.8 Å². The summed E-state index contributed by atoms with van der Waals surface area (Å²) in [5.74, 6) is -0.313. The lowest BCUT2D eigenvalue weighted by atomic mass is 10.1. The number of nitrogens with zero attached hydrogens (tertiary/aromatic N) is 2. The molecule has 5 nitrogen and oxygen atoms in total. The molecule has 4 rings (SSSR count). The second kappa shape index (κ2) is 11.1. The summed E-state index contributed by atoms with van der Waals surface area (Å²) in [6, 6.07) is 22.1. The van der Waals surface area contributed by atoms with E-state index in [1.54, 1.807) is 36.1 Å². The molecule has 0 saturated heterocycles. The minimum absolute atomic E-state index is 0.313. The third-order valence-electron chi connectivity index (χ3n) is 5.42. The molecule has 0 aliphatic heterocycles. The van der Waals surface area contributed by atoms with Gasteiger partial charge in [0, 0.05) is 39.9 Å². The molecule has 0 fully saturated rings. The summed E-state index contributed by atoms with van der Waals surface area (Å²) in [4.78, 5) is 12.7. The monoisotopic (exact) mass is 525 g/mol. The average Bonchev–Trinajstić information content (AvgIpc) is 3.18. The maximum atomic E-state index is 12.7. The highest BCUT2D eigenvalue weighted by atomic mass is 35.5. The first kappa shape index (κ1) is 25.0. The summed E-state index contributed by atoms with van der Waals surface area (Å²) >= 11 is 18.7. The Bertz CT molecular complexity index is 1370. The summed E-state index contributed by atoms with van der Waals surface area (Å²) in [5.41, 5.74) is 4.72. The summed E-state index contributed by atoms with van der Waals surface area (Å²) in [5, 5.41) is 9.21. The topological polar surface area (TPSA) is 56.1 Å². The molecular formula is C27H22Cl3N3O2. The molecule has 1 atom stereocenters. The van der Waals surface area contributed by atoms with Gasteiger partial charge in [-0.25, -0.2) is 4.68 Å². The smallest absolute Gasteiger partial charge is 0.246 e. The molecule has 0 aliphatic rings. The van der Waals surface area contributed by atoms with Gasteiger partial charge >= 0.3 is 0 Å². The molecule has 4 aromatic rings. The van der Waals surface area contributed by atoms with E-state index in [1.807, 2.05) is 61.5 Å². The average molecular weight is 527 g/mol. The lowest BCUT2D eigenvalue weighted by Crippen LogP contribution is -2.28. The zero-order chi connectivity index (χ0) is 24.9. The van der Waals surface area contributed by atoms with Gasteiger partial charge in [-0.3, -0.25) is 4.79 Å². The number of methoxy groups -OCH3 is 1. The predicted octanol–water partition coefficient (Wildman–Crippen LogP) is 7.28. The highest BCUT2D eigenvalue weighted by molar-refractivity contribution is 6.35. The zero-order valence-electron chi connectivity index (χ0n) is 19.0. The molecule has 0 spiro atoms. The number of amides is 1. The fourth-order valence-corrected chi connectivity index (χ4v) is 4.30. The van der Waals surface area contributed by atoms with Gasteiger partial charge in [0.15, 0.2) is 6.23 Å². The van der Waals surface area contributed by atoms with Crippen molar-refractivity contribution in [2.75, 3.05) is 7.11 Å². The number of benzene rings is 3. The van der Waals surface area contributed by atoms with Crippen molar-refractivity contribution in [3.8, 4) is 16.9 Å². The number of carbonyl (C=O) groups is 1. The molecular weight excluding hydrogens is 505 g/mol. The Labute approximate surface area is 218 Å². The number of nitrogens with one attached hydrogen (secondary N) is 1. The molecule has 1 unspecified atom stereocenters. The minimum Gasteiger partial charge on any atom is -0.357 e. The molecule has 8 heteroatoms. The van der Waals surface area contributed by atoms with Crippen LogP contribution in [0.5, 0.6) is 0 Å². The Hall–Kier alpha value is -3.09. The predicted molar refractivity (Wildman–Crippen MR) is 142 cm³/mol. The van der Waals surface area contributed by atoms with Crippen molar-refractivity contribution in [2.24, 2.45) is 0 Å². The summed E-state index contributed by atoms with van der Waals surface area (Å²) < 4.78 is 7.18. The van der Waals surface area contributed by atoms with E-state index in [0.29, 0.717) is 26.4 Å². The van der Waals surface area contributed by atoms with Crippen LogP contribution in [0.25, 0.3) is 23.0 Å². The molecule has 1 heterocycles. The van der Waals surface area contributed by atoms with Gasteiger partial charge in [-0.1, -0.05) is 77.3 Å². The highest BCUT2D eigenvalue weighted by Gasteiger charge is 2.19. The van der Waals surface area contributed by atoms with Crippen LogP contribution in [0.15, 0.2) is 78.9 Å². The van der Waals surface area contributed by atoms with E-state index in [9.17, 15) is 4.79 Å². The van der Waals surface area contributed by atoms with Crippen LogP contribution in [0.1, 0.15) is 23.0 Å². The Morgan fingerprint density at radius 1 is 1.00 bits per heavy atom. The standard InChI is InChI=1S/C27H22Cl3N3O2/c1-17-23(13-15-25(34)31-27(35-2)19-6-4-3-5-7-19)32-33(24-14-12-21(29)16-22(24)30)26(17)18-8-10-20(28)11-9-18/h3-16,27H,1-2H3,(H,31,34)/b15-13+. The van der Waals surface area contributed by atoms with E-state index < -0.39 is 6.23 Å². The first-order chi connectivity index (χ1) is 16.9. The van der Waals surface area contributed by atoms with Crippen molar-refractivity contribution < 1.29 is 9.53 Å². The highest BCUT2D eigenvalue weighted by Crippen LogP contribution is 2.33. The van der Waals surface area contributed by atoms with Gasteiger partial charge in [0.25, 0.3) is 0 Å². The molecule has 3 aromatic carbocycles. The maximum Gasteiger partial charge on any atom is 0.246 e. The van der Waals surface area contributed by atoms with Crippen LogP contribution in [0.4, 0.5) is 0 Å². The van der Waals surface area contributed by atoms with Crippen LogP contribution in [-0.2, 0) is 9.53 Å². The van der Waals surface area contributed by atoms with Crippen LogP contribution in [0, 0.1) is 6.92 Å².